The van der Waals surface area contributed by atoms with Gasteiger partial charge in [-0.3, -0.25) is 0 Å². The van der Waals surface area contributed by atoms with Crippen molar-refractivity contribution in [3.63, 3.8) is 0 Å². The SMILES string of the molecule is OC[C@H]1S[C@H](O)[C@@H](O)[C@@H](O)[C@@H]1O. The molecule has 5 nitrogen and oxygen atoms in total. The van der Waals surface area contributed by atoms with E-state index in [0.717, 1.165) is 11.8 Å². The fourth-order valence-electron chi connectivity index (χ4n) is 1.08. The molecule has 0 radical (unpaired) electrons. The lowest BCUT2D eigenvalue weighted by atomic mass is 10.0. The Morgan fingerprint density at radius 3 is 2.00 bits per heavy atom. The van der Waals surface area contributed by atoms with Gasteiger partial charge >= 0.3 is 0 Å². The van der Waals surface area contributed by atoms with Crippen LogP contribution < -0.4 is 0 Å². The fourth-order valence-corrected chi connectivity index (χ4v) is 2.17. The van der Waals surface area contributed by atoms with Crippen molar-refractivity contribution in [2.24, 2.45) is 0 Å². The second-order valence-electron chi connectivity index (χ2n) is 2.72. The first-order chi connectivity index (χ1) is 5.57. The van der Waals surface area contributed by atoms with Crippen molar-refractivity contribution in [1.82, 2.24) is 0 Å². The lowest BCUT2D eigenvalue weighted by Crippen LogP contribution is -2.53. The van der Waals surface area contributed by atoms with Crippen LogP contribution in [0, 0.1) is 0 Å². The van der Waals surface area contributed by atoms with Crippen LogP contribution in [-0.4, -0.2) is 61.1 Å². The van der Waals surface area contributed by atoms with E-state index in [9.17, 15) is 5.11 Å². The van der Waals surface area contributed by atoms with Gasteiger partial charge in [0.05, 0.1) is 18.0 Å². The first-order valence-corrected chi connectivity index (χ1v) is 4.50. The summed E-state index contributed by atoms with van der Waals surface area (Å²) in [4.78, 5) is 0. The molecule has 0 aromatic rings. The van der Waals surface area contributed by atoms with E-state index in [-0.39, 0.29) is 6.61 Å². The topological polar surface area (TPSA) is 101 Å². The largest absolute Gasteiger partial charge is 0.395 e. The first kappa shape index (κ1) is 10.2. The second kappa shape index (κ2) is 3.91. The van der Waals surface area contributed by atoms with Crippen molar-refractivity contribution in [3.8, 4) is 0 Å². The maximum absolute atomic E-state index is 9.22. The molecule has 6 heteroatoms. The molecule has 5 N–H and O–H groups in total. The minimum absolute atomic E-state index is 0.341. The summed E-state index contributed by atoms with van der Waals surface area (Å²) in [7, 11) is 0. The summed E-state index contributed by atoms with van der Waals surface area (Å²) in [5.41, 5.74) is -1.15. The van der Waals surface area contributed by atoms with E-state index in [1.54, 1.807) is 0 Å². The summed E-state index contributed by atoms with van der Waals surface area (Å²) in [6.07, 6.45) is -3.94. The highest BCUT2D eigenvalue weighted by Gasteiger charge is 2.42. The third-order valence-electron chi connectivity index (χ3n) is 1.87. The summed E-state index contributed by atoms with van der Waals surface area (Å²) in [6.45, 7) is -0.341. The molecule has 12 heavy (non-hydrogen) atoms. The van der Waals surface area contributed by atoms with Crippen molar-refractivity contribution >= 4 is 11.8 Å². The Morgan fingerprint density at radius 1 is 0.917 bits per heavy atom. The van der Waals surface area contributed by atoms with Gasteiger partial charge in [-0.15, -0.1) is 11.8 Å². The van der Waals surface area contributed by atoms with Crippen LogP contribution in [0.2, 0.25) is 0 Å². The summed E-state index contributed by atoms with van der Waals surface area (Å²) < 4.78 is 0. The third kappa shape index (κ3) is 1.73. The predicted octanol–water partition coefficient (Wildman–Crippen LogP) is -2.50. The standard InChI is InChI=1S/C6H12O5S/c7-1-2-3(8)4(9)5(10)6(11)12-2/h2-11H,1H2/t2-,3-,4+,5+,6+/m1/s1. The molecule has 0 aromatic carbocycles. The quantitative estimate of drug-likeness (QED) is 0.318. The third-order valence-corrected chi connectivity index (χ3v) is 3.20. The van der Waals surface area contributed by atoms with Gasteiger partial charge in [-0.1, -0.05) is 0 Å². The molecule has 1 fully saturated rings. The van der Waals surface area contributed by atoms with Crippen LogP contribution in [-0.2, 0) is 0 Å². The summed E-state index contributed by atoms with van der Waals surface area (Å²) >= 11 is 0.852. The van der Waals surface area contributed by atoms with Crippen molar-refractivity contribution in [1.29, 1.82) is 0 Å². The molecule has 1 aliphatic heterocycles. The average Bonchev–Trinajstić information content (AvgIpc) is 2.08. The molecule has 72 valence electrons. The highest BCUT2D eigenvalue weighted by molar-refractivity contribution is 8.00. The van der Waals surface area contributed by atoms with Gasteiger partial charge in [0.15, 0.2) is 0 Å². The normalized spacial score (nSPS) is 49.2. The van der Waals surface area contributed by atoms with Gasteiger partial charge in [0.2, 0.25) is 0 Å². The van der Waals surface area contributed by atoms with Crippen LogP contribution in [0.25, 0.3) is 0 Å². The van der Waals surface area contributed by atoms with Crippen molar-refractivity contribution < 1.29 is 25.5 Å². The van der Waals surface area contributed by atoms with E-state index in [1.807, 2.05) is 0 Å². The van der Waals surface area contributed by atoms with Gasteiger partial charge in [0.25, 0.3) is 0 Å². The van der Waals surface area contributed by atoms with Crippen LogP contribution in [0.5, 0.6) is 0 Å². The molecule has 5 atom stereocenters. The van der Waals surface area contributed by atoms with Crippen molar-refractivity contribution in [2.45, 2.75) is 29.0 Å². The van der Waals surface area contributed by atoms with Gasteiger partial charge < -0.3 is 25.5 Å². The number of aliphatic hydroxyl groups is 5. The maximum Gasteiger partial charge on any atom is 0.128 e. The van der Waals surface area contributed by atoms with Crippen LogP contribution in [0.15, 0.2) is 0 Å². The summed E-state index contributed by atoms with van der Waals surface area (Å²) in [5.74, 6) is 0. The predicted molar refractivity (Wildman–Crippen MR) is 42.5 cm³/mol. The molecule has 0 aromatic heterocycles. The zero-order valence-corrected chi connectivity index (χ0v) is 7.05. The molecule has 0 saturated carbocycles. The van der Waals surface area contributed by atoms with Gasteiger partial charge in [0, 0.05) is 0 Å². The fraction of sp³-hybridized carbons (Fsp3) is 1.00. The molecule has 0 amide bonds. The minimum Gasteiger partial charge on any atom is -0.395 e. The molecule has 1 saturated heterocycles. The average molecular weight is 196 g/mol. The van der Waals surface area contributed by atoms with E-state index in [0.29, 0.717) is 0 Å². The smallest absolute Gasteiger partial charge is 0.128 e. The van der Waals surface area contributed by atoms with Crippen molar-refractivity contribution in [2.75, 3.05) is 6.61 Å². The lowest BCUT2D eigenvalue weighted by molar-refractivity contribution is -0.0953. The van der Waals surface area contributed by atoms with Gasteiger partial charge in [-0.25, -0.2) is 0 Å². The highest BCUT2D eigenvalue weighted by atomic mass is 32.2. The van der Waals surface area contributed by atoms with Crippen LogP contribution in [0.1, 0.15) is 0 Å². The number of hydrogen-bond acceptors (Lipinski definition) is 6. The van der Waals surface area contributed by atoms with Crippen LogP contribution in [0.4, 0.5) is 0 Å². The number of thioether (sulfide) groups is 1. The van der Waals surface area contributed by atoms with E-state index < -0.39 is 29.0 Å². The maximum atomic E-state index is 9.22. The molecule has 1 aliphatic rings. The van der Waals surface area contributed by atoms with Gasteiger partial charge in [0.1, 0.15) is 17.6 Å². The molecular weight excluding hydrogens is 184 g/mol. The zero-order chi connectivity index (χ0) is 9.30. The molecule has 0 unspecified atom stereocenters. The Bertz CT molecular complexity index is 150. The Labute approximate surface area is 73.7 Å². The van der Waals surface area contributed by atoms with Gasteiger partial charge in [-0.2, -0.15) is 0 Å². The summed E-state index contributed by atoms with van der Waals surface area (Å²) in [5, 5.41) is 44.6. The summed E-state index contributed by atoms with van der Waals surface area (Å²) in [6, 6.07) is 0. The van der Waals surface area contributed by atoms with Crippen LogP contribution >= 0.6 is 11.8 Å². The number of hydrogen-bond donors (Lipinski definition) is 5. The molecule has 0 bridgehead atoms. The minimum atomic E-state index is -1.39. The number of rotatable bonds is 1. The van der Waals surface area contributed by atoms with E-state index in [4.69, 9.17) is 20.4 Å². The Morgan fingerprint density at radius 2 is 1.50 bits per heavy atom. The lowest BCUT2D eigenvalue weighted by Gasteiger charge is -2.36. The van der Waals surface area contributed by atoms with Crippen molar-refractivity contribution in [3.05, 3.63) is 0 Å². The molecule has 0 aliphatic carbocycles. The van der Waals surface area contributed by atoms with E-state index in [1.165, 1.54) is 0 Å². The van der Waals surface area contributed by atoms with Gasteiger partial charge in [-0.05, 0) is 0 Å². The Hall–Kier alpha value is 0.150. The van der Waals surface area contributed by atoms with Crippen LogP contribution in [0.3, 0.4) is 0 Å². The molecule has 1 rings (SSSR count). The Kier molecular flexibility index (Phi) is 3.33. The van der Waals surface area contributed by atoms with E-state index >= 15 is 0 Å². The zero-order valence-electron chi connectivity index (χ0n) is 6.24. The first-order valence-electron chi connectivity index (χ1n) is 3.56. The monoisotopic (exact) mass is 196 g/mol. The molecule has 0 spiro atoms. The molecule has 1 heterocycles. The Balaban J connectivity index is 2.63. The molecular formula is C6H12O5S. The second-order valence-corrected chi connectivity index (χ2v) is 4.08. The number of aliphatic hydroxyl groups excluding tert-OH is 5. The van der Waals surface area contributed by atoms with E-state index in [2.05, 4.69) is 0 Å². The highest BCUT2D eigenvalue weighted by Crippen LogP contribution is 2.30.